The molecule has 0 spiro atoms. The topological polar surface area (TPSA) is 202 Å². The van der Waals surface area contributed by atoms with Crippen molar-refractivity contribution < 1.29 is 56.2 Å². The molecular weight excluding hydrogens is 505 g/mol. The predicted molar refractivity (Wildman–Crippen MR) is 110 cm³/mol. The smallest absolute Gasteiger partial charge is 0.454 e. The van der Waals surface area contributed by atoms with Crippen molar-refractivity contribution in [2.45, 2.75) is 30.8 Å². The summed E-state index contributed by atoms with van der Waals surface area (Å²) in [4.78, 5) is 49.4. The number of carbonyl (C=O) groups is 2. The van der Waals surface area contributed by atoms with Gasteiger partial charge >= 0.3 is 31.4 Å². The van der Waals surface area contributed by atoms with Crippen LogP contribution in [0.3, 0.4) is 0 Å². The number of phosphoric acid groups is 1. The minimum Gasteiger partial charge on any atom is -0.454 e. The van der Waals surface area contributed by atoms with Gasteiger partial charge in [-0.2, -0.15) is 13.8 Å². The molecule has 0 saturated carbocycles. The van der Waals surface area contributed by atoms with E-state index in [0.29, 0.717) is 11.1 Å². The summed E-state index contributed by atoms with van der Waals surface area (Å²) in [5, 5.41) is 9.87. The number of phosphoric ester groups is 1. The standard InChI is InChI=1S/C17H25F2N4O11P/c1-22(2)5-4-12(24)30-8-13(25)31-9-33-35(28,29)32-7-10-14(26)17(18,19)15(34-10)23-6-3-11(20)21-16(23)27/h3,6,10,14-15,26H,4-5,7-9H2,1-2H3,(H,28,29)(H2,20,21,27)/t10-,14-,15-/m1/s1. The number of nitrogens with zero attached hydrogens (tertiary/aromatic N) is 3. The molecule has 0 aliphatic carbocycles. The number of aliphatic hydroxyl groups excluding tert-OH is 1. The number of nitrogen functional groups attached to an aromatic ring is 1. The normalized spacial score (nSPS) is 23.1. The van der Waals surface area contributed by atoms with Gasteiger partial charge < -0.3 is 34.8 Å². The van der Waals surface area contributed by atoms with E-state index in [-0.39, 0.29) is 12.2 Å². The molecule has 198 valence electrons. The van der Waals surface area contributed by atoms with Crippen molar-refractivity contribution in [1.82, 2.24) is 14.5 Å². The minimum atomic E-state index is -4.96. The quantitative estimate of drug-likeness (QED) is 0.166. The highest BCUT2D eigenvalue weighted by Crippen LogP contribution is 2.46. The number of aliphatic hydroxyl groups is 1. The summed E-state index contributed by atoms with van der Waals surface area (Å²) in [5.41, 5.74) is 4.13. The van der Waals surface area contributed by atoms with Crippen LogP contribution in [0.5, 0.6) is 0 Å². The third kappa shape index (κ3) is 8.28. The van der Waals surface area contributed by atoms with Crippen LogP contribution in [0.15, 0.2) is 17.1 Å². The Balaban J connectivity index is 1.81. The van der Waals surface area contributed by atoms with Gasteiger partial charge in [-0.15, -0.1) is 0 Å². The van der Waals surface area contributed by atoms with Crippen LogP contribution >= 0.6 is 7.82 Å². The van der Waals surface area contributed by atoms with Gasteiger partial charge in [-0.3, -0.25) is 13.9 Å². The summed E-state index contributed by atoms with van der Waals surface area (Å²) in [6.45, 7) is -2.54. The van der Waals surface area contributed by atoms with E-state index < -0.39 is 69.8 Å². The number of nitrogens with two attached hydrogens (primary N) is 1. The molecule has 4 N–H and O–H groups in total. The van der Waals surface area contributed by atoms with Gasteiger partial charge in [-0.05, 0) is 20.2 Å². The molecule has 0 amide bonds. The highest BCUT2D eigenvalue weighted by Gasteiger charge is 2.60. The lowest BCUT2D eigenvalue weighted by Crippen LogP contribution is -2.41. The third-order valence-electron chi connectivity index (χ3n) is 4.44. The maximum Gasteiger partial charge on any atom is 0.475 e. The van der Waals surface area contributed by atoms with Crippen LogP contribution < -0.4 is 11.4 Å². The Hall–Kier alpha value is -2.53. The Labute approximate surface area is 196 Å². The van der Waals surface area contributed by atoms with Crippen LogP contribution in [-0.4, -0.2) is 95.2 Å². The molecule has 1 fully saturated rings. The van der Waals surface area contributed by atoms with Crippen molar-refractivity contribution >= 4 is 25.6 Å². The summed E-state index contributed by atoms with van der Waals surface area (Å²) < 4.78 is 64.1. The van der Waals surface area contributed by atoms with Gasteiger partial charge in [0, 0.05) is 12.7 Å². The zero-order valence-corrected chi connectivity index (χ0v) is 19.5. The zero-order chi connectivity index (χ0) is 26.4. The Morgan fingerprint density at radius 2 is 2.00 bits per heavy atom. The molecule has 1 aromatic heterocycles. The van der Waals surface area contributed by atoms with E-state index in [1.165, 1.54) is 0 Å². The highest BCUT2D eigenvalue weighted by molar-refractivity contribution is 7.47. The fourth-order valence-electron chi connectivity index (χ4n) is 2.64. The number of aromatic nitrogens is 2. The van der Waals surface area contributed by atoms with E-state index >= 15 is 0 Å². The van der Waals surface area contributed by atoms with Gasteiger partial charge in [-0.1, -0.05) is 0 Å². The first-order valence-corrected chi connectivity index (χ1v) is 11.4. The zero-order valence-electron chi connectivity index (χ0n) is 18.6. The molecule has 2 heterocycles. The van der Waals surface area contributed by atoms with Gasteiger partial charge in [0.25, 0.3) is 0 Å². The van der Waals surface area contributed by atoms with Crippen molar-refractivity contribution in [3.05, 3.63) is 22.7 Å². The monoisotopic (exact) mass is 530 g/mol. The lowest BCUT2D eigenvalue weighted by molar-refractivity contribution is -0.163. The van der Waals surface area contributed by atoms with Gasteiger partial charge in [0.1, 0.15) is 11.9 Å². The van der Waals surface area contributed by atoms with Crippen LogP contribution in [-0.2, 0) is 37.4 Å². The van der Waals surface area contributed by atoms with E-state index in [1.807, 2.05) is 0 Å². The van der Waals surface area contributed by atoms with Crippen LogP contribution in [0, 0.1) is 0 Å². The molecule has 1 saturated heterocycles. The average molecular weight is 530 g/mol. The number of ether oxygens (including phenoxy) is 3. The third-order valence-corrected chi connectivity index (χ3v) is 5.34. The fourth-order valence-corrected chi connectivity index (χ4v) is 3.24. The number of alkyl halides is 2. The molecule has 4 atom stereocenters. The Kier molecular flexibility index (Phi) is 9.79. The molecule has 0 bridgehead atoms. The summed E-state index contributed by atoms with van der Waals surface area (Å²) in [6, 6.07) is 1.05. The molecule has 1 aliphatic rings. The first-order valence-electron chi connectivity index (χ1n) is 9.87. The molecule has 18 heteroatoms. The maximum absolute atomic E-state index is 14.4. The van der Waals surface area contributed by atoms with E-state index in [9.17, 15) is 37.7 Å². The summed E-state index contributed by atoms with van der Waals surface area (Å²) in [7, 11) is -1.50. The molecule has 1 aromatic rings. The Morgan fingerprint density at radius 1 is 1.31 bits per heavy atom. The summed E-state index contributed by atoms with van der Waals surface area (Å²) in [6.07, 6.45) is -5.78. The van der Waals surface area contributed by atoms with Gasteiger partial charge in [0.15, 0.2) is 12.7 Å². The Bertz CT molecular complexity index is 1010. The number of hydrogen-bond donors (Lipinski definition) is 3. The summed E-state index contributed by atoms with van der Waals surface area (Å²) in [5.74, 6) is -6.00. The highest BCUT2D eigenvalue weighted by atomic mass is 31.2. The second kappa shape index (κ2) is 11.9. The second-order valence-corrected chi connectivity index (χ2v) is 8.88. The molecule has 1 aliphatic heterocycles. The maximum atomic E-state index is 14.4. The van der Waals surface area contributed by atoms with Gasteiger partial charge in [-0.25, -0.2) is 18.7 Å². The van der Waals surface area contributed by atoms with Crippen LogP contribution in [0.2, 0.25) is 0 Å². The number of halogens is 2. The molecule has 2 rings (SSSR count). The number of rotatable bonds is 12. The van der Waals surface area contributed by atoms with Gasteiger partial charge in [0.05, 0.1) is 13.0 Å². The largest absolute Gasteiger partial charge is 0.475 e. The number of esters is 2. The minimum absolute atomic E-state index is 0.0227. The fraction of sp³-hybridized carbons (Fsp3) is 0.647. The molecular formula is C17H25F2N4O11P. The SMILES string of the molecule is CN(C)CCC(=O)OCC(=O)OCOP(=O)(O)OC[C@H]1O[C@@H](n2ccc(N)nc2=O)C(F)(F)[C@@H]1O. The van der Waals surface area contributed by atoms with Crippen LogP contribution in [0.4, 0.5) is 14.6 Å². The van der Waals surface area contributed by atoms with E-state index in [2.05, 4.69) is 23.5 Å². The summed E-state index contributed by atoms with van der Waals surface area (Å²) >= 11 is 0. The molecule has 35 heavy (non-hydrogen) atoms. The van der Waals surface area contributed by atoms with Crippen LogP contribution in [0.1, 0.15) is 12.6 Å². The average Bonchev–Trinajstić information content (AvgIpc) is 2.98. The molecule has 0 aromatic carbocycles. The van der Waals surface area contributed by atoms with Crippen molar-refractivity contribution in [1.29, 1.82) is 0 Å². The molecule has 1 unspecified atom stereocenters. The number of anilines is 1. The van der Waals surface area contributed by atoms with E-state index in [4.69, 9.17) is 10.5 Å². The molecule has 15 nitrogen and oxygen atoms in total. The van der Waals surface area contributed by atoms with Crippen molar-refractivity contribution in [2.24, 2.45) is 0 Å². The van der Waals surface area contributed by atoms with E-state index in [0.717, 1.165) is 12.3 Å². The number of hydrogen-bond acceptors (Lipinski definition) is 13. The van der Waals surface area contributed by atoms with Crippen molar-refractivity contribution in [2.75, 3.05) is 46.4 Å². The predicted octanol–water partition coefficient (Wildman–Crippen LogP) is -1.15. The molecule has 0 radical (unpaired) electrons. The first-order chi connectivity index (χ1) is 16.2. The van der Waals surface area contributed by atoms with Gasteiger partial charge in [0.2, 0.25) is 13.0 Å². The lowest BCUT2D eigenvalue weighted by atomic mass is 10.1. The lowest BCUT2D eigenvalue weighted by Gasteiger charge is -2.20. The second-order valence-electron chi connectivity index (χ2n) is 7.43. The first kappa shape index (κ1) is 28.7. The van der Waals surface area contributed by atoms with E-state index in [1.54, 1.807) is 19.0 Å². The van der Waals surface area contributed by atoms with Crippen molar-refractivity contribution in [3.63, 3.8) is 0 Å². The number of carbonyl (C=O) groups excluding carboxylic acids is 2. The Morgan fingerprint density at radius 3 is 2.63 bits per heavy atom. The van der Waals surface area contributed by atoms with Crippen molar-refractivity contribution in [3.8, 4) is 0 Å². The van der Waals surface area contributed by atoms with Crippen LogP contribution in [0.25, 0.3) is 0 Å².